The second-order valence-electron chi connectivity index (χ2n) is 4.63. The molecule has 1 fully saturated rings. The van der Waals surface area contributed by atoms with Gasteiger partial charge in [0.2, 0.25) is 5.91 Å². The zero-order chi connectivity index (χ0) is 12.2. The van der Waals surface area contributed by atoms with E-state index < -0.39 is 5.41 Å². The molecule has 1 amide bonds. The second kappa shape index (κ2) is 5.31. The molecule has 1 N–H and O–H groups in total. The standard InChI is InChI=1S/C12H20N2O2/c1-4-12(3,8-13)11(15)14-7-10-5-6-16-9(10)2/h9-10H,4-7H2,1-3H3,(H,14,15). The van der Waals surface area contributed by atoms with E-state index in [4.69, 9.17) is 10.00 Å². The Balaban J connectivity index is 2.44. The Hall–Kier alpha value is -1.08. The maximum absolute atomic E-state index is 11.8. The first kappa shape index (κ1) is 13.0. The van der Waals surface area contributed by atoms with E-state index in [1.807, 2.05) is 13.8 Å². The minimum Gasteiger partial charge on any atom is -0.378 e. The highest BCUT2D eigenvalue weighted by molar-refractivity contribution is 5.84. The van der Waals surface area contributed by atoms with Crippen LogP contribution in [0, 0.1) is 22.7 Å². The van der Waals surface area contributed by atoms with Crippen molar-refractivity contribution in [2.45, 2.75) is 39.7 Å². The van der Waals surface area contributed by atoms with E-state index in [9.17, 15) is 4.79 Å². The zero-order valence-electron chi connectivity index (χ0n) is 10.2. The first-order chi connectivity index (χ1) is 7.53. The van der Waals surface area contributed by atoms with E-state index in [1.165, 1.54) is 0 Å². The van der Waals surface area contributed by atoms with Crippen LogP contribution in [0.1, 0.15) is 33.6 Å². The molecule has 0 aromatic heterocycles. The van der Waals surface area contributed by atoms with Crippen LogP contribution in [0.5, 0.6) is 0 Å². The molecule has 3 atom stereocenters. The molecular weight excluding hydrogens is 204 g/mol. The molecule has 3 unspecified atom stereocenters. The minimum absolute atomic E-state index is 0.170. The van der Waals surface area contributed by atoms with Crippen LogP contribution in [0.4, 0.5) is 0 Å². The lowest BCUT2D eigenvalue weighted by atomic mass is 9.88. The number of carbonyl (C=O) groups is 1. The van der Waals surface area contributed by atoms with E-state index in [1.54, 1.807) is 6.92 Å². The van der Waals surface area contributed by atoms with Crippen LogP contribution >= 0.6 is 0 Å². The molecular formula is C12H20N2O2. The highest BCUT2D eigenvalue weighted by Crippen LogP contribution is 2.22. The highest BCUT2D eigenvalue weighted by atomic mass is 16.5. The lowest BCUT2D eigenvalue weighted by Crippen LogP contribution is -2.41. The number of nitrogens with zero attached hydrogens (tertiary/aromatic N) is 1. The molecule has 1 heterocycles. The van der Waals surface area contributed by atoms with Gasteiger partial charge < -0.3 is 10.1 Å². The summed E-state index contributed by atoms with van der Waals surface area (Å²) in [5.74, 6) is 0.209. The Kier molecular flexibility index (Phi) is 4.31. The van der Waals surface area contributed by atoms with Crippen LogP contribution in [0.3, 0.4) is 0 Å². The molecule has 0 spiro atoms. The minimum atomic E-state index is -0.900. The van der Waals surface area contributed by atoms with Crippen LogP contribution in [0.15, 0.2) is 0 Å². The monoisotopic (exact) mass is 224 g/mol. The van der Waals surface area contributed by atoms with Gasteiger partial charge in [-0.1, -0.05) is 6.92 Å². The van der Waals surface area contributed by atoms with Crippen molar-refractivity contribution in [3.05, 3.63) is 0 Å². The third-order valence-electron chi connectivity index (χ3n) is 3.51. The van der Waals surface area contributed by atoms with Gasteiger partial charge in [0.05, 0.1) is 12.2 Å². The third kappa shape index (κ3) is 2.73. The number of nitriles is 1. The summed E-state index contributed by atoms with van der Waals surface area (Å²) in [7, 11) is 0. The Bertz CT molecular complexity index is 298. The van der Waals surface area contributed by atoms with Crippen LogP contribution in [-0.2, 0) is 9.53 Å². The summed E-state index contributed by atoms with van der Waals surface area (Å²) in [5, 5.41) is 11.8. The van der Waals surface area contributed by atoms with Gasteiger partial charge in [-0.2, -0.15) is 5.26 Å². The van der Waals surface area contributed by atoms with E-state index in [0.717, 1.165) is 13.0 Å². The lowest BCUT2D eigenvalue weighted by Gasteiger charge is -2.21. The molecule has 0 bridgehead atoms. The summed E-state index contributed by atoms with van der Waals surface area (Å²) in [6, 6.07) is 2.07. The van der Waals surface area contributed by atoms with Gasteiger partial charge in [0.25, 0.3) is 0 Å². The predicted octanol–water partition coefficient (Wildman–Crippen LogP) is 1.47. The number of carbonyl (C=O) groups excluding carboxylic acids is 1. The normalized spacial score (nSPS) is 28.1. The lowest BCUT2D eigenvalue weighted by molar-refractivity contribution is -0.127. The first-order valence-electron chi connectivity index (χ1n) is 5.84. The highest BCUT2D eigenvalue weighted by Gasteiger charge is 2.32. The fourth-order valence-electron chi connectivity index (χ4n) is 1.75. The van der Waals surface area contributed by atoms with Crippen LogP contribution in [0.25, 0.3) is 0 Å². The Morgan fingerprint density at radius 1 is 1.69 bits per heavy atom. The number of amides is 1. The molecule has 1 rings (SSSR count). The Labute approximate surface area is 97.0 Å². The van der Waals surface area contributed by atoms with Crippen molar-refractivity contribution in [1.82, 2.24) is 5.32 Å². The Morgan fingerprint density at radius 3 is 2.81 bits per heavy atom. The molecule has 0 aromatic carbocycles. The summed E-state index contributed by atoms with van der Waals surface area (Å²) in [5.41, 5.74) is -0.900. The molecule has 90 valence electrons. The number of nitrogens with one attached hydrogen (secondary N) is 1. The van der Waals surface area contributed by atoms with Crippen molar-refractivity contribution in [2.24, 2.45) is 11.3 Å². The van der Waals surface area contributed by atoms with Crippen LogP contribution in [-0.4, -0.2) is 25.2 Å². The summed E-state index contributed by atoms with van der Waals surface area (Å²) in [6.07, 6.45) is 1.72. The average molecular weight is 224 g/mol. The average Bonchev–Trinajstić information content (AvgIpc) is 2.70. The number of rotatable bonds is 4. The molecule has 1 aliphatic heterocycles. The molecule has 1 saturated heterocycles. The van der Waals surface area contributed by atoms with Gasteiger partial charge in [-0.3, -0.25) is 4.79 Å². The van der Waals surface area contributed by atoms with E-state index >= 15 is 0 Å². The zero-order valence-corrected chi connectivity index (χ0v) is 10.2. The molecule has 16 heavy (non-hydrogen) atoms. The number of hydrogen-bond acceptors (Lipinski definition) is 3. The van der Waals surface area contributed by atoms with E-state index in [-0.39, 0.29) is 12.0 Å². The van der Waals surface area contributed by atoms with Crippen molar-refractivity contribution in [1.29, 1.82) is 5.26 Å². The van der Waals surface area contributed by atoms with Gasteiger partial charge in [0.1, 0.15) is 5.41 Å². The van der Waals surface area contributed by atoms with Crippen LogP contribution < -0.4 is 5.32 Å². The maximum Gasteiger partial charge on any atom is 0.240 e. The summed E-state index contributed by atoms with van der Waals surface area (Å²) < 4.78 is 5.42. The predicted molar refractivity (Wildman–Crippen MR) is 60.5 cm³/mol. The second-order valence-corrected chi connectivity index (χ2v) is 4.63. The maximum atomic E-state index is 11.8. The van der Waals surface area contributed by atoms with Crippen molar-refractivity contribution < 1.29 is 9.53 Å². The quantitative estimate of drug-likeness (QED) is 0.786. The van der Waals surface area contributed by atoms with Gasteiger partial charge in [-0.05, 0) is 26.7 Å². The fraction of sp³-hybridized carbons (Fsp3) is 0.833. The molecule has 4 nitrogen and oxygen atoms in total. The third-order valence-corrected chi connectivity index (χ3v) is 3.51. The number of hydrogen-bond donors (Lipinski definition) is 1. The molecule has 0 radical (unpaired) electrons. The summed E-state index contributed by atoms with van der Waals surface area (Å²) >= 11 is 0. The van der Waals surface area contributed by atoms with Crippen molar-refractivity contribution >= 4 is 5.91 Å². The fourth-order valence-corrected chi connectivity index (χ4v) is 1.75. The largest absolute Gasteiger partial charge is 0.378 e. The summed E-state index contributed by atoms with van der Waals surface area (Å²) in [6.45, 7) is 6.93. The molecule has 1 aliphatic rings. The molecule has 0 aromatic rings. The molecule has 0 saturated carbocycles. The topological polar surface area (TPSA) is 62.1 Å². The van der Waals surface area contributed by atoms with Crippen molar-refractivity contribution in [3.8, 4) is 6.07 Å². The smallest absolute Gasteiger partial charge is 0.240 e. The Morgan fingerprint density at radius 2 is 2.38 bits per heavy atom. The SMILES string of the molecule is CCC(C)(C#N)C(=O)NCC1CCOC1C. The molecule has 0 aliphatic carbocycles. The van der Waals surface area contributed by atoms with Crippen LogP contribution in [0.2, 0.25) is 0 Å². The van der Waals surface area contributed by atoms with E-state index in [2.05, 4.69) is 11.4 Å². The van der Waals surface area contributed by atoms with Gasteiger partial charge in [-0.15, -0.1) is 0 Å². The van der Waals surface area contributed by atoms with Gasteiger partial charge in [0, 0.05) is 19.1 Å². The van der Waals surface area contributed by atoms with E-state index in [0.29, 0.717) is 18.9 Å². The van der Waals surface area contributed by atoms with Crippen molar-refractivity contribution in [2.75, 3.05) is 13.2 Å². The molecule has 4 heteroatoms. The van der Waals surface area contributed by atoms with Crippen molar-refractivity contribution in [3.63, 3.8) is 0 Å². The van der Waals surface area contributed by atoms with Gasteiger partial charge in [-0.25, -0.2) is 0 Å². The first-order valence-corrected chi connectivity index (χ1v) is 5.84. The number of ether oxygens (including phenoxy) is 1. The van der Waals surface area contributed by atoms with Gasteiger partial charge >= 0.3 is 0 Å². The van der Waals surface area contributed by atoms with Gasteiger partial charge in [0.15, 0.2) is 0 Å². The summed E-state index contributed by atoms with van der Waals surface area (Å²) in [4.78, 5) is 11.8.